The van der Waals surface area contributed by atoms with Crippen LogP contribution in [0.5, 0.6) is 0 Å². The SMILES string of the molecule is Cn1cnnc1Sc1cc([N+](=O)[O-])cc(N)n1. The minimum Gasteiger partial charge on any atom is -0.383 e. The smallest absolute Gasteiger partial charge is 0.275 e. The predicted molar refractivity (Wildman–Crippen MR) is 60.4 cm³/mol. The van der Waals surface area contributed by atoms with Crippen molar-refractivity contribution >= 4 is 23.3 Å². The number of anilines is 1. The summed E-state index contributed by atoms with van der Waals surface area (Å²) in [5.41, 5.74) is 5.40. The predicted octanol–water partition coefficient (Wildman–Crippen LogP) is 0.852. The van der Waals surface area contributed by atoms with Crippen LogP contribution in [0.4, 0.5) is 11.5 Å². The molecule has 0 saturated carbocycles. The molecule has 0 atom stereocenters. The third kappa shape index (κ3) is 2.50. The third-order valence-electron chi connectivity index (χ3n) is 1.88. The molecule has 0 aromatic carbocycles. The Labute approximate surface area is 100 Å². The number of rotatable bonds is 3. The summed E-state index contributed by atoms with van der Waals surface area (Å²) in [6, 6.07) is 2.55. The highest BCUT2D eigenvalue weighted by Crippen LogP contribution is 2.27. The van der Waals surface area contributed by atoms with Crippen molar-refractivity contribution in [2.75, 3.05) is 5.73 Å². The monoisotopic (exact) mass is 252 g/mol. The Hall–Kier alpha value is -2.16. The Morgan fingerprint density at radius 3 is 2.88 bits per heavy atom. The Morgan fingerprint density at radius 2 is 2.29 bits per heavy atom. The Kier molecular flexibility index (Phi) is 2.91. The van der Waals surface area contributed by atoms with Crippen LogP contribution in [0.3, 0.4) is 0 Å². The average Bonchev–Trinajstić information content (AvgIpc) is 2.63. The lowest BCUT2D eigenvalue weighted by Gasteiger charge is -2.01. The van der Waals surface area contributed by atoms with Gasteiger partial charge in [-0.15, -0.1) is 10.2 Å². The minimum atomic E-state index is -0.515. The second-order valence-electron chi connectivity index (χ2n) is 3.17. The maximum Gasteiger partial charge on any atom is 0.275 e. The molecule has 0 unspecified atom stereocenters. The summed E-state index contributed by atoms with van der Waals surface area (Å²) >= 11 is 1.16. The molecule has 17 heavy (non-hydrogen) atoms. The van der Waals surface area contributed by atoms with Crippen molar-refractivity contribution in [2.24, 2.45) is 7.05 Å². The summed E-state index contributed by atoms with van der Waals surface area (Å²) in [6.07, 6.45) is 1.53. The fourth-order valence-electron chi connectivity index (χ4n) is 1.13. The van der Waals surface area contributed by atoms with Gasteiger partial charge in [0.2, 0.25) is 0 Å². The number of nitrogen functional groups attached to an aromatic ring is 1. The second kappa shape index (κ2) is 4.37. The molecule has 0 aliphatic carbocycles. The first-order valence-corrected chi connectivity index (χ1v) is 5.31. The molecule has 0 saturated heterocycles. The number of aromatic nitrogens is 4. The highest BCUT2D eigenvalue weighted by Gasteiger charge is 2.12. The molecule has 0 amide bonds. The van der Waals surface area contributed by atoms with Crippen LogP contribution in [-0.4, -0.2) is 24.7 Å². The van der Waals surface area contributed by atoms with Gasteiger partial charge in [-0.1, -0.05) is 0 Å². The highest BCUT2D eigenvalue weighted by atomic mass is 32.2. The maximum absolute atomic E-state index is 10.7. The zero-order valence-electron chi connectivity index (χ0n) is 8.77. The van der Waals surface area contributed by atoms with Gasteiger partial charge in [0.05, 0.1) is 11.0 Å². The van der Waals surface area contributed by atoms with Crippen molar-refractivity contribution in [3.05, 3.63) is 28.6 Å². The van der Waals surface area contributed by atoms with Crippen molar-refractivity contribution < 1.29 is 4.92 Å². The van der Waals surface area contributed by atoms with Crippen LogP contribution < -0.4 is 5.73 Å². The molecule has 0 radical (unpaired) electrons. The largest absolute Gasteiger partial charge is 0.383 e. The number of nitro groups is 1. The van der Waals surface area contributed by atoms with E-state index in [2.05, 4.69) is 15.2 Å². The molecule has 9 heteroatoms. The summed E-state index contributed by atoms with van der Waals surface area (Å²) in [7, 11) is 1.77. The summed E-state index contributed by atoms with van der Waals surface area (Å²) in [5.74, 6) is 0.101. The fourth-order valence-corrected chi connectivity index (χ4v) is 1.92. The first-order chi connectivity index (χ1) is 8.06. The van der Waals surface area contributed by atoms with Crippen LogP contribution in [0, 0.1) is 10.1 Å². The molecule has 2 aromatic rings. The zero-order chi connectivity index (χ0) is 12.4. The third-order valence-corrected chi connectivity index (χ3v) is 2.85. The summed E-state index contributed by atoms with van der Waals surface area (Å²) in [6.45, 7) is 0. The molecule has 0 aliphatic rings. The molecule has 88 valence electrons. The topological polar surface area (TPSA) is 113 Å². The Balaban J connectivity index is 2.33. The van der Waals surface area contributed by atoms with E-state index in [1.165, 1.54) is 18.5 Å². The van der Waals surface area contributed by atoms with E-state index in [0.29, 0.717) is 10.2 Å². The van der Waals surface area contributed by atoms with Gasteiger partial charge in [0.1, 0.15) is 17.2 Å². The van der Waals surface area contributed by atoms with E-state index in [0.717, 1.165) is 11.8 Å². The number of nitrogens with two attached hydrogens (primary N) is 1. The fraction of sp³-hybridized carbons (Fsp3) is 0.125. The summed E-state index contributed by atoms with van der Waals surface area (Å²) < 4.78 is 1.68. The van der Waals surface area contributed by atoms with Crippen LogP contribution in [0.2, 0.25) is 0 Å². The second-order valence-corrected chi connectivity index (χ2v) is 4.16. The van der Waals surface area contributed by atoms with Crippen molar-refractivity contribution in [1.82, 2.24) is 19.7 Å². The molecular weight excluding hydrogens is 244 g/mol. The van der Waals surface area contributed by atoms with Crippen molar-refractivity contribution in [3.63, 3.8) is 0 Å². The number of nitrogens with zero attached hydrogens (tertiary/aromatic N) is 5. The lowest BCUT2D eigenvalue weighted by Crippen LogP contribution is -1.97. The molecule has 0 bridgehead atoms. The van der Waals surface area contributed by atoms with E-state index >= 15 is 0 Å². The molecule has 0 spiro atoms. The van der Waals surface area contributed by atoms with Crippen LogP contribution in [0.1, 0.15) is 0 Å². The van der Waals surface area contributed by atoms with Gasteiger partial charge in [0, 0.05) is 13.1 Å². The maximum atomic E-state index is 10.7. The quantitative estimate of drug-likeness (QED) is 0.636. The van der Waals surface area contributed by atoms with Gasteiger partial charge < -0.3 is 10.3 Å². The molecule has 0 aliphatic heterocycles. The lowest BCUT2D eigenvalue weighted by atomic mass is 10.4. The average molecular weight is 252 g/mol. The Morgan fingerprint density at radius 1 is 1.53 bits per heavy atom. The standard InChI is InChI=1S/C8H8N6O2S/c1-13-4-10-12-8(13)17-7-3-5(14(15)16)2-6(9)11-7/h2-4H,1H3,(H2,9,11). The molecule has 2 N–H and O–H groups in total. The summed E-state index contributed by atoms with van der Waals surface area (Å²) in [5, 5.41) is 19.2. The first kappa shape index (κ1) is 11.3. The van der Waals surface area contributed by atoms with E-state index in [-0.39, 0.29) is 11.5 Å². The molecule has 0 fully saturated rings. The van der Waals surface area contributed by atoms with Crippen molar-refractivity contribution in [1.29, 1.82) is 0 Å². The number of aryl methyl sites for hydroxylation is 1. The number of pyridine rings is 1. The van der Waals surface area contributed by atoms with Gasteiger partial charge in [0.25, 0.3) is 5.69 Å². The molecular formula is C8H8N6O2S. The van der Waals surface area contributed by atoms with Crippen LogP contribution in [0.25, 0.3) is 0 Å². The van der Waals surface area contributed by atoms with E-state index in [1.807, 2.05) is 0 Å². The van der Waals surface area contributed by atoms with E-state index in [4.69, 9.17) is 5.73 Å². The zero-order valence-corrected chi connectivity index (χ0v) is 9.59. The van der Waals surface area contributed by atoms with Gasteiger partial charge in [-0.3, -0.25) is 10.1 Å². The molecule has 8 nitrogen and oxygen atoms in total. The normalized spacial score (nSPS) is 10.4. The van der Waals surface area contributed by atoms with Gasteiger partial charge in [-0.05, 0) is 11.8 Å². The van der Waals surface area contributed by atoms with Crippen LogP contribution in [-0.2, 0) is 7.05 Å². The minimum absolute atomic E-state index is 0.0952. The van der Waals surface area contributed by atoms with Crippen molar-refractivity contribution in [2.45, 2.75) is 10.2 Å². The van der Waals surface area contributed by atoms with Crippen LogP contribution in [0.15, 0.2) is 28.6 Å². The van der Waals surface area contributed by atoms with Crippen molar-refractivity contribution in [3.8, 4) is 0 Å². The van der Waals surface area contributed by atoms with Gasteiger partial charge in [0.15, 0.2) is 5.16 Å². The van der Waals surface area contributed by atoms with Gasteiger partial charge in [-0.25, -0.2) is 4.98 Å². The number of hydrogen-bond acceptors (Lipinski definition) is 7. The Bertz CT molecular complexity index is 569. The van der Waals surface area contributed by atoms with Gasteiger partial charge in [-0.2, -0.15) is 0 Å². The molecule has 2 rings (SSSR count). The first-order valence-electron chi connectivity index (χ1n) is 4.50. The summed E-state index contributed by atoms with van der Waals surface area (Å²) in [4.78, 5) is 14.1. The van der Waals surface area contributed by atoms with E-state index in [1.54, 1.807) is 11.6 Å². The van der Waals surface area contributed by atoms with Crippen LogP contribution >= 0.6 is 11.8 Å². The lowest BCUT2D eigenvalue weighted by molar-refractivity contribution is -0.385. The highest BCUT2D eigenvalue weighted by molar-refractivity contribution is 7.99. The molecule has 2 aromatic heterocycles. The van der Waals surface area contributed by atoms with E-state index in [9.17, 15) is 10.1 Å². The van der Waals surface area contributed by atoms with Gasteiger partial charge >= 0.3 is 0 Å². The molecule has 2 heterocycles. The number of hydrogen-bond donors (Lipinski definition) is 1. The van der Waals surface area contributed by atoms with E-state index < -0.39 is 4.92 Å².